The topological polar surface area (TPSA) is 54.4 Å². The summed E-state index contributed by atoms with van der Waals surface area (Å²) in [5.74, 6) is -1.83. The van der Waals surface area contributed by atoms with Crippen molar-refractivity contribution in [1.29, 1.82) is 0 Å². The molecule has 0 amide bonds. The Kier molecular flexibility index (Phi) is 5.27. The Hall–Kier alpha value is -0.750. The van der Waals surface area contributed by atoms with E-state index in [9.17, 15) is 13.4 Å². The maximum atomic E-state index is 13.2. The van der Waals surface area contributed by atoms with E-state index >= 15 is 0 Å². The predicted molar refractivity (Wildman–Crippen MR) is 67.6 cm³/mol. The van der Waals surface area contributed by atoms with Crippen molar-refractivity contribution in [3.8, 4) is 0 Å². The highest BCUT2D eigenvalue weighted by Crippen LogP contribution is 2.22. The van der Waals surface area contributed by atoms with Gasteiger partial charge in [0.15, 0.2) is 0 Å². The van der Waals surface area contributed by atoms with Crippen LogP contribution in [0.25, 0.3) is 0 Å². The molecule has 0 fully saturated rings. The molecule has 0 aliphatic rings. The molecule has 0 aromatic heterocycles. The van der Waals surface area contributed by atoms with E-state index in [4.69, 9.17) is 5.11 Å². The molecule has 1 rings (SSSR count). The molecule has 6 heteroatoms. The second-order valence-corrected chi connectivity index (χ2v) is 6.00. The summed E-state index contributed by atoms with van der Waals surface area (Å²) < 4.78 is 25.2. The first kappa shape index (κ1) is 14.3. The summed E-state index contributed by atoms with van der Waals surface area (Å²) in [6.07, 6.45) is 0. The smallest absolute Gasteiger partial charge is 0.307 e. The minimum atomic E-state index is -1.32. The van der Waals surface area contributed by atoms with Crippen LogP contribution in [0.15, 0.2) is 22.7 Å². The van der Waals surface area contributed by atoms with Gasteiger partial charge >= 0.3 is 5.97 Å². The van der Waals surface area contributed by atoms with Crippen LogP contribution in [0.1, 0.15) is 12.5 Å². The molecule has 0 spiro atoms. The maximum absolute atomic E-state index is 13.2. The molecule has 94 valence electrons. The van der Waals surface area contributed by atoms with Crippen molar-refractivity contribution in [3.05, 3.63) is 34.1 Å². The van der Waals surface area contributed by atoms with Crippen molar-refractivity contribution in [2.24, 2.45) is 5.92 Å². The van der Waals surface area contributed by atoms with Gasteiger partial charge in [0.1, 0.15) is 5.82 Å². The molecule has 1 N–H and O–H groups in total. The van der Waals surface area contributed by atoms with E-state index in [1.165, 1.54) is 19.1 Å². The molecule has 2 atom stereocenters. The summed E-state index contributed by atoms with van der Waals surface area (Å²) >= 11 is 3.08. The van der Waals surface area contributed by atoms with E-state index in [-0.39, 0.29) is 16.0 Å². The van der Waals surface area contributed by atoms with Crippen LogP contribution >= 0.6 is 15.9 Å². The number of rotatable bonds is 5. The zero-order chi connectivity index (χ0) is 13.0. The van der Waals surface area contributed by atoms with E-state index in [0.29, 0.717) is 5.56 Å². The second-order valence-electron chi connectivity index (χ2n) is 3.70. The molecular formula is C11H12BrFO3S. The normalized spacial score (nSPS) is 14.3. The minimum Gasteiger partial charge on any atom is -0.481 e. The molecule has 0 saturated carbocycles. The second kappa shape index (κ2) is 6.26. The lowest BCUT2D eigenvalue weighted by molar-refractivity contribution is -0.140. The van der Waals surface area contributed by atoms with Crippen LogP contribution in [0.4, 0.5) is 4.39 Å². The van der Waals surface area contributed by atoms with Gasteiger partial charge in [-0.1, -0.05) is 19.1 Å². The molecule has 0 aliphatic carbocycles. The van der Waals surface area contributed by atoms with Crippen molar-refractivity contribution < 1.29 is 18.5 Å². The van der Waals surface area contributed by atoms with Gasteiger partial charge < -0.3 is 5.11 Å². The van der Waals surface area contributed by atoms with Crippen LogP contribution in [0.2, 0.25) is 0 Å². The van der Waals surface area contributed by atoms with Crippen LogP contribution in [0.3, 0.4) is 0 Å². The maximum Gasteiger partial charge on any atom is 0.307 e. The lowest BCUT2D eigenvalue weighted by atomic mass is 10.2. The number of halogens is 2. The Morgan fingerprint density at radius 2 is 2.24 bits per heavy atom. The Labute approximate surface area is 110 Å². The van der Waals surface area contributed by atoms with Gasteiger partial charge in [0.2, 0.25) is 0 Å². The van der Waals surface area contributed by atoms with Crippen LogP contribution < -0.4 is 0 Å². The molecule has 0 heterocycles. The lowest BCUT2D eigenvalue weighted by Gasteiger charge is -2.08. The number of carbonyl (C=O) groups is 1. The molecule has 3 nitrogen and oxygen atoms in total. The predicted octanol–water partition coefficient (Wildman–Crippen LogP) is 2.56. The number of benzene rings is 1. The van der Waals surface area contributed by atoms with Crippen molar-refractivity contribution in [3.63, 3.8) is 0 Å². The number of carboxylic acids is 1. The largest absolute Gasteiger partial charge is 0.481 e. The van der Waals surface area contributed by atoms with Crippen molar-refractivity contribution in [2.75, 3.05) is 5.75 Å². The number of aliphatic carboxylic acids is 1. The standard InChI is InChI=1S/C11H12BrFO3S/c1-7(11(14)15)5-17(16)6-8-3-2-4-9(13)10(8)12/h2-4,7H,5-6H2,1H3,(H,14,15). The molecule has 0 bridgehead atoms. The van der Waals surface area contributed by atoms with E-state index in [2.05, 4.69) is 15.9 Å². The van der Waals surface area contributed by atoms with Gasteiger partial charge in [0.25, 0.3) is 0 Å². The van der Waals surface area contributed by atoms with Gasteiger partial charge in [-0.2, -0.15) is 0 Å². The Bertz CT molecular complexity index is 450. The average Bonchev–Trinajstić information content (AvgIpc) is 2.24. The Morgan fingerprint density at radius 1 is 1.59 bits per heavy atom. The fourth-order valence-corrected chi connectivity index (χ4v) is 3.24. The van der Waals surface area contributed by atoms with Gasteiger partial charge in [-0.25, -0.2) is 4.39 Å². The van der Waals surface area contributed by atoms with Gasteiger partial charge in [0.05, 0.1) is 10.4 Å². The summed E-state index contributed by atoms with van der Waals surface area (Å²) in [5, 5.41) is 8.69. The molecular weight excluding hydrogens is 311 g/mol. The van der Waals surface area contributed by atoms with Gasteiger partial charge in [-0.05, 0) is 27.6 Å². The summed E-state index contributed by atoms with van der Waals surface area (Å²) in [5.41, 5.74) is 0.584. The van der Waals surface area contributed by atoms with Crippen LogP contribution in [-0.2, 0) is 21.3 Å². The first-order valence-corrected chi connectivity index (χ1v) is 7.20. The van der Waals surface area contributed by atoms with E-state index in [0.717, 1.165) is 0 Å². The third-order valence-electron chi connectivity index (χ3n) is 2.21. The van der Waals surface area contributed by atoms with E-state index in [1.807, 2.05) is 0 Å². The zero-order valence-electron chi connectivity index (χ0n) is 9.15. The quantitative estimate of drug-likeness (QED) is 0.906. The zero-order valence-corrected chi connectivity index (χ0v) is 11.6. The minimum absolute atomic E-state index is 0.0677. The van der Waals surface area contributed by atoms with Crippen LogP contribution in [-0.4, -0.2) is 21.0 Å². The Morgan fingerprint density at radius 3 is 2.82 bits per heavy atom. The lowest BCUT2D eigenvalue weighted by Crippen LogP contribution is -2.18. The van der Waals surface area contributed by atoms with Gasteiger partial charge in [0, 0.05) is 22.3 Å². The highest BCUT2D eigenvalue weighted by molar-refractivity contribution is 9.10. The SMILES string of the molecule is CC(CS(=O)Cc1cccc(F)c1Br)C(=O)O. The monoisotopic (exact) mass is 322 g/mol. The molecule has 1 aromatic rings. The molecule has 0 saturated heterocycles. The molecule has 0 aliphatic heterocycles. The fraction of sp³-hybridized carbons (Fsp3) is 0.364. The number of hydrogen-bond acceptors (Lipinski definition) is 2. The molecule has 1 aromatic carbocycles. The van der Waals surface area contributed by atoms with Crippen molar-refractivity contribution >= 4 is 32.7 Å². The highest BCUT2D eigenvalue weighted by atomic mass is 79.9. The van der Waals surface area contributed by atoms with Crippen LogP contribution in [0.5, 0.6) is 0 Å². The third-order valence-corrected chi connectivity index (χ3v) is 4.60. The first-order chi connectivity index (χ1) is 7.91. The highest BCUT2D eigenvalue weighted by Gasteiger charge is 2.16. The number of carboxylic acid groups (broad SMARTS) is 1. The first-order valence-electron chi connectivity index (χ1n) is 4.92. The summed E-state index contributed by atoms with van der Waals surface area (Å²) in [6.45, 7) is 1.50. The van der Waals surface area contributed by atoms with Crippen molar-refractivity contribution in [1.82, 2.24) is 0 Å². The average molecular weight is 323 g/mol. The van der Waals surface area contributed by atoms with Gasteiger partial charge in [-0.15, -0.1) is 0 Å². The van der Waals surface area contributed by atoms with Gasteiger partial charge in [-0.3, -0.25) is 9.00 Å². The Balaban J connectivity index is 2.69. The molecule has 0 radical (unpaired) electrons. The van der Waals surface area contributed by atoms with E-state index in [1.54, 1.807) is 6.07 Å². The van der Waals surface area contributed by atoms with Crippen molar-refractivity contribution in [2.45, 2.75) is 12.7 Å². The number of hydrogen-bond donors (Lipinski definition) is 1. The summed E-state index contributed by atoms with van der Waals surface area (Å²) in [6, 6.07) is 4.50. The molecule has 17 heavy (non-hydrogen) atoms. The van der Waals surface area contributed by atoms with E-state index < -0.39 is 28.5 Å². The summed E-state index contributed by atoms with van der Waals surface area (Å²) in [4.78, 5) is 10.6. The fourth-order valence-electron chi connectivity index (χ4n) is 1.24. The third kappa shape index (κ3) is 4.20. The molecule has 2 unspecified atom stereocenters. The summed E-state index contributed by atoms with van der Waals surface area (Å²) in [7, 11) is -1.32. The van der Waals surface area contributed by atoms with Crippen LogP contribution in [0, 0.1) is 11.7 Å².